The van der Waals surface area contributed by atoms with E-state index in [1.54, 1.807) is 7.11 Å². The summed E-state index contributed by atoms with van der Waals surface area (Å²) >= 11 is 7.41. The zero-order chi connectivity index (χ0) is 14.9. The molecule has 0 spiro atoms. The maximum atomic E-state index is 5.53. The van der Waals surface area contributed by atoms with E-state index in [4.69, 9.17) is 4.74 Å². The third kappa shape index (κ3) is 3.26. The van der Waals surface area contributed by atoms with Crippen LogP contribution < -0.4 is 4.74 Å². The number of ether oxygens (including phenoxy) is 1. The molecule has 0 aliphatic rings. The van der Waals surface area contributed by atoms with Gasteiger partial charge in [-0.3, -0.25) is 0 Å². The molecule has 0 aliphatic heterocycles. The Morgan fingerprint density at radius 3 is 2.10 bits per heavy atom. The minimum atomic E-state index is 0.118. The van der Waals surface area contributed by atoms with Crippen molar-refractivity contribution < 1.29 is 4.74 Å². The lowest BCUT2D eigenvalue weighted by atomic mass is 9.99. The van der Waals surface area contributed by atoms with E-state index in [1.807, 2.05) is 0 Å². The average molecular weight is 398 g/mol. The van der Waals surface area contributed by atoms with Crippen LogP contribution in [0.1, 0.15) is 32.6 Å². The maximum Gasteiger partial charge on any atom is 0.123 e. The molecule has 0 aromatic heterocycles. The van der Waals surface area contributed by atoms with Gasteiger partial charge in [-0.1, -0.05) is 61.2 Å². The molecule has 2 rings (SSSR count). The predicted molar refractivity (Wildman–Crippen MR) is 92.1 cm³/mol. The van der Waals surface area contributed by atoms with E-state index >= 15 is 0 Å². The topological polar surface area (TPSA) is 9.23 Å². The van der Waals surface area contributed by atoms with Crippen LogP contribution in [0.5, 0.6) is 5.75 Å². The standard InChI is InChI=1S/C17H18Br2O/c1-10-5-11(2)7-13(6-10)17(19)14-9-15(18)12(3)8-16(14)20-4/h5-9,17H,1-4H3. The lowest BCUT2D eigenvalue weighted by molar-refractivity contribution is 0.410. The van der Waals surface area contributed by atoms with E-state index in [9.17, 15) is 0 Å². The SMILES string of the molecule is COc1cc(C)c(Br)cc1C(Br)c1cc(C)cc(C)c1. The predicted octanol–water partition coefficient (Wildman–Crippen LogP) is 5.87. The Bertz CT molecular complexity index is 615. The monoisotopic (exact) mass is 396 g/mol. The Balaban J connectivity index is 2.52. The molecular weight excluding hydrogens is 380 g/mol. The van der Waals surface area contributed by atoms with Gasteiger partial charge in [0.05, 0.1) is 11.9 Å². The first-order valence-corrected chi connectivity index (χ1v) is 8.19. The van der Waals surface area contributed by atoms with Crippen LogP contribution >= 0.6 is 31.9 Å². The first-order valence-electron chi connectivity index (χ1n) is 6.48. The molecule has 0 fully saturated rings. The Morgan fingerprint density at radius 2 is 1.55 bits per heavy atom. The van der Waals surface area contributed by atoms with Gasteiger partial charge in [-0.15, -0.1) is 0 Å². The number of aryl methyl sites for hydroxylation is 3. The number of halogens is 2. The average Bonchev–Trinajstić information content (AvgIpc) is 2.39. The van der Waals surface area contributed by atoms with Gasteiger partial charge in [0.25, 0.3) is 0 Å². The van der Waals surface area contributed by atoms with E-state index in [-0.39, 0.29) is 4.83 Å². The fourth-order valence-electron chi connectivity index (χ4n) is 2.38. The van der Waals surface area contributed by atoms with Gasteiger partial charge in [0.1, 0.15) is 5.75 Å². The highest BCUT2D eigenvalue weighted by Gasteiger charge is 2.17. The van der Waals surface area contributed by atoms with Crippen LogP contribution in [0, 0.1) is 20.8 Å². The van der Waals surface area contributed by atoms with Crippen LogP contribution in [-0.2, 0) is 0 Å². The van der Waals surface area contributed by atoms with Crippen LogP contribution in [0.15, 0.2) is 34.8 Å². The van der Waals surface area contributed by atoms with Crippen molar-refractivity contribution in [2.75, 3.05) is 7.11 Å². The minimum Gasteiger partial charge on any atom is -0.496 e. The van der Waals surface area contributed by atoms with Gasteiger partial charge in [-0.05, 0) is 44.0 Å². The quantitative estimate of drug-likeness (QED) is 0.588. The zero-order valence-electron chi connectivity index (χ0n) is 12.1. The summed E-state index contributed by atoms with van der Waals surface area (Å²) in [5, 5.41) is 0. The number of hydrogen-bond acceptors (Lipinski definition) is 1. The normalized spacial score (nSPS) is 12.3. The summed E-state index contributed by atoms with van der Waals surface area (Å²) < 4.78 is 6.63. The summed E-state index contributed by atoms with van der Waals surface area (Å²) in [7, 11) is 1.72. The van der Waals surface area contributed by atoms with E-state index in [0.717, 1.165) is 15.8 Å². The highest BCUT2D eigenvalue weighted by atomic mass is 79.9. The van der Waals surface area contributed by atoms with Gasteiger partial charge >= 0.3 is 0 Å². The second-order valence-corrected chi connectivity index (χ2v) is 6.90. The van der Waals surface area contributed by atoms with Gasteiger partial charge in [0.2, 0.25) is 0 Å². The van der Waals surface area contributed by atoms with Gasteiger partial charge in [-0.2, -0.15) is 0 Å². The van der Waals surface area contributed by atoms with Crippen molar-refractivity contribution in [1.82, 2.24) is 0 Å². The summed E-state index contributed by atoms with van der Waals surface area (Å²) in [6.45, 7) is 6.31. The molecule has 1 nitrogen and oxygen atoms in total. The van der Waals surface area contributed by atoms with E-state index < -0.39 is 0 Å². The summed E-state index contributed by atoms with van der Waals surface area (Å²) in [6, 6.07) is 10.8. The third-order valence-electron chi connectivity index (χ3n) is 3.32. The first kappa shape index (κ1) is 15.6. The largest absolute Gasteiger partial charge is 0.496 e. The maximum absolute atomic E-state index is 5.53. The molecule has 0 radical (unpaired) electrons. The Morgan fingerprint density at radius 1 is 0.950 bits per heavy atom. The molecule has 0 saturated carbocycles. The summed E-state index contributed by atoms with van der Waals surface area (Å²) in [5.74, 6) is 0.909. The van der Waals surface area contributed by atoms with Crippen molar-refractivity contribution >= 4 is 31.9 Å². The Hall–Kier alpha value is -0.800. The van der Waals surface area contributed by atoms with Crippen molar-refractivity contribution in [1.29, 1.82) is 0 Å². The molecule has 20 heavy (non-hydrogen) atoms. The fourth-order valence-corrected chi connectivity index (χ4v) is 3.36. The summed E-state index contributed by atoms with van der Waals surface area (Å²) in [5.41, 5.74) is 6.10. The third-order valence-corrected chi connectivity index (χ3v) is 5.20. The molecule has 3 heteroatoms. The molecular formula is C17H18Br2O. The van der Waals surface area contributed by atoms with Crippen molar-refractivity contribution in [2.45, 2.75) is 25.6 Å². The van der Waals surface area contributed by atoms with Crippen LogP contribution in [0.25, 0.3) is 0 Å². The van der Waals surface area contributed by atoms with Gasteiger partial charge in [0.15, 0.2) is 0 Å². The Kier molecular flexibility index (Phi) is 4.92. The molecule has 0 aliphatic carbocycles. The van der Waals surface area contributed by atoms with Crippen LogP contribution in [0.4, 0.5) is 0 Å². The van der Waals surface area contributed by atoms with Crippen molar-refractivity contribution in [3.05, 3.63) is 62.6 Å². The van der Waals surface area contributed by atoms with Crippen LogP contribution in [0.3, 0.4) is 0 Å². The Labute approximate surface area is 137 Å². The van der Waals surface area contributed by atoms with Crippen LogP contribution in [0.2, 0.25) is 0 Å². The van der Waals surface area contributed by atoms with Crippen LogP contribution in [-0.4, -0.2) is 7.11 Å². The lowest BCUT2D eigenvalue weighted by Crippen LogP contribution is -1.99. The molecule has 0 heterocycles. The smallest absolute Gasteiger partial charge is 0.123 e. The fraction of sp³-hybridized carbons (Fsp3) is 0.294. The van der Waals surface area contributed by atoms with E-state index in [2.05, 4.69) is 83.0 Å². The number of rotatable bonds is 3. The lowest BCUT2D eigenvalue weighted by Gasteiger charge is -2.17. The molecule has 106 valence electrons. The van der Waals surface area contributed by atoms with Crippen molar-refractivity contribution in [3.63, 3.8) is 0 Å². The van der Waals surface area contributed by atoms with Gasteiger partial charge in [0, 0.05) is 10.0 Å². The number of hydrogen-bond donors (Lipinski definition) is 0. The highest BCUT2D eigenvalue weighted by molar-refractivity contribution is 9.10. The molecule has 0 saturated heterocycles. The van der Waals surface area contributed by atoms with E-state index in [0.29, 0.717) is 0 Å². The molecule has 2 aromatic rings. The molecule has 0 N–H and O–H groups in total. The van der Waals surface area contributed by atoms with Crippen molar-refractivity contribution in [2.24, 2.45) is 0 Å². The number of benzene rings is 2. The van der Waals surface area contributed by atoms with E-state index in [1.165, 1.54) is 22.3 Å². The first-order chi connectivity index (χ1) is 9.42. The van der Waals surface area contributed by atoms with Gasteiger partial charge < -0.3 is 4.74 Å². The number of methoxy groups -OCH3 is 1. The zero-order valence-corrected chi connectivity index (χ0v) is 15.3. The van der Waals surface area contributed by atoms with Gasteiger partial charge in [-0.25, -0.2) is 0 Å². The molecule has 1 unspecified atom stereocenters. The van der Waals surface area contributed by atoms with Crippen molar-refractivity contribution in [3.8, 4) is 5.75 Å². The molecule has 2 aromatic carbocycles. The minimum absolute atomic E-state index is 0.118. The molecule has 1 atom stereocenters. The summed E-state index contributed by atoms with van der Waals surface area (Å²) in [6.07, 6.45) is 0. The second-order valence-electron chi connectivity index (χ2n) is 5.13. The molecule has 0 amide bonds. The second kappa shape index (κ2) is 6.31. The number of alkyl halides is 1. The molecule has 0 bridgehead atoms. The summed E-state index contributed by atoms with van der Waals surface area (Å²) in [4.78, 5) is 0.118. The highest BCUT2D eigenvalue weighted by Crippen LogP contribution is 2.39.